The van der Waals surface area contributed by atoms with Gasteiger partial charge in [0, 0.05) is 76.5 Å². The van der Waals surface area contributed by atoms with E-state index < -0.39 is 0 Å². The number of likely N-dealkylation sites (N-methyl/N-ethyl adjacent to an activating group) is 1. The highest BCUT2D eigenvalue weighted by atomic mass is 32.2. The van der Waals surface area contributed by atoms with Crippen LogP contribution in [0.1, 0.15) is 53.9 Å². The number of hydrogen-bond acceptors (Lipinski definition) is 7. The van der Waals surface area contributed by atoms with Gasteiger partial charge in [-0.2, -0.15) is 0 Å². The van der Waals surface area contributed by atoms with Crippen molar-refractivity contribution >= 4 is 22.8 Å². The third-order valence-corrected chi connectivity index (χ3v) is 5.68. The van der Waals surface area contributed by atoms with E-state index in [0.717, 1.165) is 58.8 Å². The van der Waals surface area contributed by atoms with Crippen LogP contribution in [0.25, 0.3) is 0 Å². The summed E-state index contributed by atoms with van der Waals surface area (Å²) in [6.45, 7) is 19.2. The smallest absolute Gasteiger partial charge is 0.220 e. The SMILES string of the molecule is CCCN(CCNC(C)(C)C)CCN(CCNC)CCNC(=O)CCSC(=O)CC. The Balaban J connectivity index is 4.30. The summed E-state index contributed by atoms with van der Waals surface area (Å²) in [5.41, 5.74) is 0.150. The monoisotopic (exact) mass is 445 g/mol. The van der Waals surface area contributed by atoms with Gasteiger partial charge in [0.15, 0.2) is 5.12 Å². The van der Waals surface area contributed by atoms with E-state index in [4.69, 9.17) is 0 Å². The first-order chi connectivity index (χ1) is 14.2. The van der Waals surface area contributed by atoms with Crippen LogP contribution in [-0.2, 0) is 9.59 Å². The molecule has 0 aromatic heterocycles. The lowest BCUT2D eigenvalue weighted by Crippen LogP contribution is -2.45. The number of hydrogen-bond donors (Lipinski definition) is 3. The number of rotatable bonds is 18. The van der Waals surface area contributed by atoms with Crippen LogP contribution in [0, 0.1) is 0 Å². The zero-order valence-electron chi connectivity index (χ0n) is 20.3. The summed E-state index contributed by atoms with van der Waals surface area (Å²) in [4.78, 5) is 28.2. The Hall–Kier alpha value is -0.670. The third-order valence-electron chi connectivity index (χ3n) is 4.66. The van der Waals surface area contributed by atoms with Gasteiger partial charge < -0.3 is 20.9 Å². The molecule has 1 amide bonds. The Labute approximate surface area is 189 Å². The highest BCUT2D eigenvalue weighted by Gasteiger charge is 2.12. The molecule has 0 unspecified atom stereocenters. The van der Waals surface area contributed by atoms with Crippen molar-refractivity contribution in [3.8, 4) is 0 Å². The molecule has 30 heavy (non-hydrogen) atoms. The van der Waals surface area contributed by atoms with E-state index >= 15 is 0 Å². The molecule has 0 aliphatic heterocycles. The average molecular weight is 446 g/mol. The molecular formula is C22H47N5O2S. The molecule has 0 bridgehead atoms. The number of thioether (sulfide) groups is 1. The molecule has 0 aliphatic rings. The Morgan fingerprint density at radius 1 is 0.867 bits per heavy atom. The van der Waals surface area contributed by atoms with E-state index in [2.05, 4.69) is 53.4 Å². The Morgan fingerprint density at radius 2 is 1.47 bits per heavy atom. The second-order valence-corrected chi connectivity index (χ2v) is 9.79. The minimum atomic E-state index is 0.0285. The number of carbonyl (C=O) groups is 2. The fourth-order valence-corrected chi connectivity index (χ4v) is 3.65. The Morgan fingerprint density at radius 3 is 2.03 bits per heavy atom. The van der Waals surface area contributed by atoms with E-state index in [1.165, 1.54) is 11.8 Å². The lowest BCUT2D eigenvalue weighted by molar-refractivity contribution is -0.120. The average Bonchev–Trinajstić information content (AvgIpc) is 2.68. The maximum Gasteiger partial charge on any atom is 0.220 e. The maximum atomic E-state index is 12.0. The van der Waals surface area contributed by atoms with Gasteiger partial charge in [0.05, 0.1) is 0 Å². The fourth-order valence-electron chi connectivity index (χ4n) is 2.93. The van der Waals surface area contributed by atoms with Gasteiger partial charge in [0.1, 0.15) is 0 Å². The Kier molecular flexibility index (Phi) is 17.6. The minimum absolute atomic E-state index is 0.0285. The molecule has 0 aromatic carbocycles. The summed E-state index contributed by atoms with van der Waals surface area (Å²) in [6.07, 6.45) is 2.08. The van der Waals surface area contributed by atoms with Crippen LogP contribution in [0.3, 0.4) is 0 Å². The van der Waals surface area contributed by atoms with Crippen molar-refractivity contribution in [3.63, 3.8) is 0 Å². The zero-order chi connectivity index (χ0) is 22.8. The molecule has 0 spiro atoms. The lowest BCUT2D eigenvalue weighted by Gasteiger charge is -2.29. The van der Waals surface area contributed by atoms with Gasteiger partial charge in [-0.15, -0.1) is 0 Å². The topological polar surface area (TPSA) is 76.7 Å². The molecule has 3 N–H and O–H groups in total. The molecule has 0 saturated carbocycles. The lowest BCUT2D eigenvalue weighted by atomic mass is 10.1. The minimum Gasteiger partial charge on any atom is -0.355 e. The molecule has 0 aliphatic carbocycles. The predicted molar refractivity (Wildman–Crippen MR) is 130 cm³/mol. The summed E-state index contributed by atoms with van der Waals surface area (Å²) in [7, 11) is 1.97. The third kappa shape index (κ3) is 18.1. The second-order valence-electron chi connectivity index (χ2n) is 8.64. The molecule has 8 heteroatoms. The molecule has 0 aromatic rings. The van der Waals surface area contributed by atoms with Gasteiger partial charge in [0.2, 0.25) is 5.91 Å². The molecule has 0 fully saturated rings. The highest BCUT2D eigenvalue weighted by molar-refractivity contribution is 8.13. The van der Waals surface area contributed by atoms with E-state index in [-0.39, 0.29) is 16.6 Å². The van der Waals surface area contributed by atoms with Crippen molar-refractivity contribution in [1.82, 2.24) is 25.8 Å². The fraction of sp³-hybridized carbons (Fsp3) is 0.909. The summed E-state index contributed by atoms with van der Waals surface area (Å²) in [5, 5.41) is 9.93. The number of nitrogens with one attached hydrogen (secondary N) is 3. The first-order valence-electron chi connectivity index (χ1n) is 11.5. The van der Waals surface area contributed by atoms with Gasteiger partial charge in [0.25, 0.3) is 0 Å². The van der Waals surface area contributed by atoms with Crippen molar-refractivity contribution in [2.45, 2.75) is 59.4 Å². The largest absolute Gasteiger partial charge is 0.355 e. The molecule has 7 nitrogen and oxygen atoms in total. The van der Waals surface area contributed by atoms with Crippen molar-refractivity contribution in [2.24, 2.45) is 0 Å². The summed E-state index contributed by atoms with van der Waals surface area (Å²) in [6, 6.07) is 0. The molecule has 0 heterocycles. The summed E-state index contributed by atoms with van der Waals surface area (Å²) < 4.78 is 0. The maximum absolute atomic E-state index is 12.0. The quantitative estimate of drug-likeness (QED) is 0.297. The van der Waals surface area contributed by atoms with Crippen molar-refractivity contribution in [3.05, 3.63) is 0 Å². The first-order valence-corrected chi connectivity index (χ1v) is 12.5. The van der Waals surface area contributed by atoms with Crippen molar-refractivity contribution < 1.29 is 9.59 Å². The summed E-state index contributed by atoms with van der Waals surface area (Å²) in [5.74, 6) is 0.595. The van der Waals surface area contributed by atoms with Gasteiger partial charge in [-0.3, -0.25) is 14.5 Å². The van der Waals surface area contributed by atoms with E-state index in [1.807, 2.05) is 14.0 Å². The standard InChI is InChI=1S/C22H47N5O2S/c1-7-13-26(16-12-25-22(3,4)5)17-18-27(14-10-23-6)15-11-24-20(28)9-19-30-21(29)8-2/h23,25H,7-19H2,1-6H3,(H,24,28). The van der Waals surface area contributed by atoms with Gasteiger partial charge in [-0.05, 0) is 40.8 Å². The molecular weight excluding hydrogens is 398 g/mol. The van der Waals surface area contributed by atoms with Crippen LogP contribution >= 0.6 is 11.8 Å². The summed E-state index contributed by atoms with van der Waals surface area (Å²) >= 11 is 1.25. The normalized spacial score (nSPS) is 12.0. The van der Waals surface area contributed by atoms with Crippen molar-refractivity contribution in [2.75, 3.05) is 71.7 Å². The first kappa shape index (κ1) is 29.3. The number of amides is 1. The number of nitrogens with zero attached hydrogens (tertiary/aromatic N) is 2. The van der Waals surface area contributed by atoms with Crippen molar-refractivity contribution in [1.29, 1.82) is 0 Å². The van der Waals surface area contributed by atoms with Crippen LogP contribution in [0.15, 0.2) is 0 Å². The van der Waals surface area contributed by atoms with E-state index in [1.54, 1.807) is 0 Å². The van der Waals surface area contributed by atoms with Crippen LogP contribution in [0.2, 0.25) is 0 Å². The van der Waals surface area contributed by atoms with Crippen LogP contribution in [0.4, 0.5) is 0 Å². The highest BCUT2D eigenvalue weighted by Crippen LogP contribution is 2.06. The second kappa shape index (κ2) is 18.0. The van der Waals surface area contributed by atoms with Crippen LogP contribution < -0.4 is 16.0 Å². The predicted octanol–water partition coefficient (Wildman–Crippen LogP) is 1.78. The zero-order valence-corrected chi connectivity index (χ0v) is 21.1. The van der Waals surface area contributed by atoms with Gasteiger partial charge in [-0.1, -0.05) is 25.6 Å². The van der Waals surface area contributed by atoms with Gasteiger partial charge in [-0.25, -0.2) is 0 Å². The Bertz CT molecular complexity index is 457. The molecule has 0 atom stereocenters. The van der Waals surface area contributed by atoms with Crippen LogP contribution in [-0.4, -0.2) is 98.1 Å². The molecule has 178 valence electrons. The molecule has 0 radical (unpaired) electrons. The van der Waals surface area contributed by atoms with Gasteiger partial charge >= 0.3 is 0 Å². The van der Waals surface area contributed by atoms with E-state index in [9.17, 15) is 9.59 Å². The number of carbonyl (C=O) groups excluding carboxylic acids is 2. The molecule has 0 rings (SSSR count). The van der Waals surface area contributed by atoms with E-state index in [0.29, 0.717) is 25.1 Å². The molecule has 0 saturated heterocycles. The van der Waals surface area contributed by atoms with Crippen LogP contribution in [0.5, 0.6) is 0 Å².